The van der Waals surface area contributed by atoms with Gasteiger partial charge >= 0.3 is 0 Å². The normalized spacial score (nSPS) is 31.2. The van der Waals surface area contributed by atoms with Crippen molar-refractivity contribution in [1.82, 2.24) is 25.1 Å². The van der Waals surface area contributed by atoms with Crippen LogP contribution in [0.1, 0.15) is 44.8 Å². The molecule has 4 atom stereocenters. The molecule has 1 saturated carbocycles. The number of piperazine rings is 1. The summed E-state index contributed by atoms with van der Waals surface area (Å²) in [6, 6.07) is 2.60. The molecule has 1 aromatic heterocycles. The third-order valence-electron chi connectivity index (χ3n) is 6.19. The number of fused-ring (bicyclic) bond motifs is 1. The van der Waals surface area contributed by atoms with Gasteiger partial charge in [-0.2, -0.15) is 4.31 Å². The molecular weight excluding hydrogens is 392 g/mol. The van der Waals surface area contributed by atoms with Crippen molar-refractivity contribution >= 4 is 15.8 Å². The van der Waals surface area contributed by atoms with E-state index >= 15 is 0 Å². The van der Waals surface area contributed by atoms with Crippen LogP contribution in [0.25, 0.3) is 0 Å². The summed E-state index contributed by atoms with van der Waals surface area (Å²) in [6.07, 6.45) is 6.62. The van der Waals surface area contributed by atoms with E-state index in [9.17, 15) is 8.42 Å². The number of rotatable bonds is 5. The van der Waals surface area contributed by atoms with E-state index in [-0.39, 0.29) is 12.1 Å². The van der Waals surface area contributed by atoms with E-state index in [0.717, 1.165) is 30.8 Å². The molecule has 3 heterocycles. The summed E-state index contributed by atoms with van der Waals surface area (Å²) in [5.74, 6) is 1.29. The maximum absolute atomic E-state index is 11.7. The highest BCUT2D eigenvalue weighted by Crippen LogP contribution is 2.39. The highest BCUT2D eigenvalue weighted by atomic mass is 32.2. The van der Waals surface area contributed by atoms with Gasteiger partial charge in [-0.3, -0.25) is 5.43 Å². The molecule has 1 aromatic rings. The fourth-order valence-electron chi connectivity index (χ4n) is 4.77. The minimum absolute atomic E-state index is 0.123. The molecule has 0 aromatic carbocycles. The first-order valence-corrected chi connectivity index (χ1v) is 12.3. The molecule has 0 radical (unpaired) electrons. The van der Waals surface area contributed by atoms with E-state index in [2.05, 4.69) is 39.6 Å². The number of nitrogens with zero attached hydrogens (tertiary/aromatic N) is 4. The van der Waals surface area contributed by atoms with Gasteiger partial charge in [-0.1, -0.05) is 0 Å². The first kappa shape index (κ1) is 20.9. The van der Waals surface area contributed by atoms with Crippen molar-refractivity contribution in [3.63, 3.8) is 0 Å². The zero-order chi connectivity index (χ0) is 20.6. The smallest absolute Gasteiger partial charge is 0.211 e. The van der Waals surface area contributed by atoms with Gasteiger partial charge in [-0.05, 0) is 33.1 Å². The Morgan fingerprint density at radius 1 is 1.14 bits per heavy atom. The Hall–Kier alpha value is -1.33. The summed E-state index contributed by atoms with van der Waals surface area (Å²) in [6.45, 7) is 6.43. The number of ether oxygens (including phenoxy) is 1. The molecule has 29 heavy (non-hydrogen) atoms. The van der Waals surface area contributed by atoms with Crippen molar-refractivity contribution in [2.45, 2.75) is 57.4 Å². The monoisotopic (exact) mass is 424 g/mol. The van der Waals surface area contributed by atoms with E-state index in [1.54, 1.807) is 6.33 Å². The third kappa shape index (κ3) is 4.72. The number of aromatic nitrogens is 2. The van der Waals surface area contributed by atoms with Crippen molar-refractivity contribution in [3.05, 3.63) is 18.1 Å². The summed E-state index contributed by atoms with van der Waals surface area (Å²) in [4.78, 5) is 11.2. The molecule has 2 aliphatic heterocycles. The number of hydrazine groups is 1. The Morgan fingerprint density at radius 2 is 1.90 bits per heavy atom. The Morgan fingerprint density at radius 3 is 2.59 bits per heavy atom. The summed E-state index contributed by atoms with van der Waals surface area (Å²) in [7, 11) is -3.14. The van der Waals surface area contributed by atoms with Gasteiger partial charge in [-0.25, -0.2) is 23.8 Å². The predicted octanol–water partition coefficient (Wildman–Crippen LogP) is 0.669. The van der Waals surface area contributed by atoms with Crippen LogP contribution < -0.4 is 15.8 Å². The van der Waals surface area contributed by atoms with E-state index in [0.29, 0.717) is 44.2 Å². The van der Waals surface area contributed by atoms with Gasteiger partial charge in [-0.15, -0.1) is 0 Å². The molecule has 0 bridgehead atoms. The standard InChI is InChI=1S/C19H32N6O3S/c1-13(2)28-14-4-5-16-15(10-14)19(23-22-16)17-11-18(21-12-20-17)24-6-8-25(9-7-24)29(3,26)27/h11-16,19,22-23H,4-10H2,1-3H3. The molecule has 2 N–H and O–H groups in total. The lowest BCUT2D eigenvalue weighted by Gasteiger charge is -2.35. The SMILES string of the molecule is CC(C)OC1CCC2NNC(c3cc(N4CCN(S(C)(=O)=O)CC4)ncn3)C2C1. The maximum atomic E-state index is 11.7. The minimum Gasteiger partial charge on any atom is -0.376 e. The summed E-state index contributed by atoms with van der Waals surface area (Å²) in [5.41, 5.74) is 7.87. The zero-order valence-electron chi connectivity index (χ0n) is 17.4. The van der Waals surface area contributed by atoms with Crippen LogP contribution >= 0.6 is 0 Å². The molecule has 3 aliphatic rings. The van der Waals surface area contributed by atoms with Crippen molar-refractivity contribution in [3.8, 4) is 0 Å². The first-order chi connectivity index (χ1) is 13.8. The highest BCUT2D eigenvalue weighted by Gasteiger charge is 2.42. The van der Waals surface area contributed by atoms with E-state index in [1.807, 2.05) is 6.07 Å². The molecule has 3 fully saturated rings. The lowest BCUT2D eigenvalue weighted by molar-refractivity contribution is -0.0276. The van der Waals surface area contributed by atoms with Crippen molar-refractivity contribution in [2.75, 3.05) is 37.3 Å². The Balaban J connectivity index is 1.45. The van der Waals surface area contributed by atoms with E-state index in [4.69, 9.17) is 4.74 Å². The number of nitrogens with one attached hydrogen (secondary N) is 2. The van der Waals surface area contributed by atoms with Gasteiger partial charge in [0, 0.05) is 44.2 Å². The van der Waals surface area contributed by atoms with Crippen LogP contribution in [0.5, 0.6) is 0 Å². The Bertz CT molecular complexity index is 812. The van der Waals surface area contributed by atoms with E-state index in [1.165, 1.54) is 10.6 Å². The molecule has 0 amide bonds. The second kappa shape index (κ2) is 8.43. The fraction of sp³-hybridized carbons (Fsp3) is 0.789. The zero-order valence-corrected chi connectivity index (χ0v) is 18.2. The second-order valence-electron chi connectivity index (χ2n) is 8.61. The van der Waals surface area contributed by atoms with Gasteiger partial charge < -0.3 is 9.64 Å². The van der Waals surface area contributed by atoms with Gasteiger partial charge in [0.15, 0.2) is 0 Å². The van der Waals surface area contributed by atoms with Gasteiger partial charge in [0.1, 0.15) is 12.1 Å². The van der Waals surface area contributed by atoms with Crippen molar-refractivity contribution in [2.24, 2.45) is 5.92 Å². The Labute approximate surface area is 173 Å². The molecule has 10 heteroatoms. The largest absolute Gasteiger partial charge is 0.376 e. The summed E-state index contributed by atoms with van der Waals surface area (Å²) >= 11 is 0. The topological polar surface area (TPSA) is 99.7 Å². The lowest BCUT2D eigenvalue weighted by atomic mass is 9.79. The highest BCUT2D eigenvalue weighted by molar-refractivity contribution is 7.88. The third-order valence-corrected chi connectivity index (χ3v) is 7.50. The minimum atomic E-state index is -3.14. The van der Waals surface area contributed by atoms with Gasteiger partial charge in [0.25, 0.3) is 0 Å². The second-order valence-corrected chi connectivity index (χ2v) is 10.6. The quantitative estimate of drug-likeness (QED) is 0.712. The maximum Gasteiger partial charge on any atom is 0.211 e. The lowest BCUT2D eigenvalue weighted by Crippen LogP contribution is -2.48. The van der Waals surface area contributed by atoms with Crippen LogP contribution in [0, 0.1) is 5.92 Å². The van der Waals surface area contributed by atoms with Crippen LogP contribution in [0.4, 0.5) is 5.82 Å². The van der Waals surface area contributed by atoms with Gasteiger partial charge in [0.05, 0.1) is 30.2 Å². The molecule has 9 nitrogen and oxygen atoms in total. The number of anilines is 1. The van der Waals surface area contributed by atoms with Crippen LogP contribution in [0.15, 0.2) is 12.4 Å². The average Bonchev–Trinajstić information content (AvgIpc) is 3.10. The summed E-state index contributed by atoms with van der Waals surface area (Å²) in [5, 5.41) is 0. The van der Waals surface area contributed by atoms with E-state index < -0.39 is 10.0 Å². The average molecular weight is 425 g/mol. The van der Waals surface area contributed by atoms with Crippen LogP contribution in [0.2, 0.25) is 0 Å². The summed E-state index contributed by atoms with van der Waals surface area (Å²) < 4.78 is 31.1. The molecular formula is C19H32N6O3S. The molecule has 162 valence electrons. The molecule has 4 unspecified atom stereocenters. The number of sulfonamides is 1. The van der Waals surface area contributed by atoms with Crippen molar-refractivity contribution in [1.29, 1.82) is 0 Å². The molecule has 4 rings (SSSR count). The van der Waals surface area contributed by atoms with Gasteiger partial charge in [0.2, 0.25) is 10.0 Å². The van der Waals surface area contributed by atoms with Crippen LogP contribution in [0.3, 0.4) is 0 Å². The molecule has 0 spiro atoms. The first-order valence-electron chi connectivity index (χ1n) is 10.5. The molecule has 1 aliphatic carbocycles. The number of hydrogen-bond acceptors (Lipinski definition) is 8. The Kier molecular flexibility index (Phi) is 6.08. The van der Waals surface area contributed by atoms with Crippen molar-refractivity contribution < 1.29 is 13.2 Å². The van der Waals surface area contributed by atoms with Crippen LogP contribution in [-0.2, 0) is 14.8 Å². The predicted molar refractivity (Wildman–Crippen MR) is 111 cm³/mol. The fourth-order valence-corrected chi connectivity index (χ4v) is 5.60. The molecule has 2 saturated heterocycles. The number of hydrogen-bond donors (Lipinski definition) is 2. The van der Waals surface area contributed by atoms with Crippen LogP contribution in [-0.4, -0.2) is 73.4 Å².